The molecule has 0 aromatic rings. The van der Waals surface area contributed by atoms with E-state index in [4.69, 9.17) is 9.47 Å². The van der Waals surface area contributed by atoms with Gasteiger partial charge < -0.3 is 9.47 Å². The maximum Gasteiger partial charge on any atom is 0.309 e. The normalized spacial score (nSPS) is 42.2. The van der Waals surface area contributed by atoms with Gasteiger partial charge in [-0.2, -0.15) is 0 Å². The molecule has 4 nitrogen and oxygen atoms in total. The van der Waals surface area contributed by atoms with E-state index in [1.807, 2.05) is 0 Å². The molecule has 0 aromatic carbocycles. The molecular weight excluding hydrogens is 568 g/mol. The van der Waals surface area contributed by atoms with E-state index in [0.717, 1.165) is 98.7 Å². The lowest BCUT2D eigenvalue weighted by molar-refractivity contribution is -0.158. The maximum absolute atomic E-state index is 12.5. The van der Waals surface area contributed by atoms with Gasteiger partial charge in [-0.1, -0.05) is 53.4 Å². The molecule has 6 fully saturated rings. The second-order valence-corrected chi connectivity index (χ2v) is 17.9. The second kappa shape index (κ2) is 18.1. The van der Waals surface area contributed by atoms with E-state index in [1.165, 1.54) is 103 Å². The molecule has 0 saturated heterocycles. The highest BCUT2D eigenvalue weighted by Crippen LogP contribution is 2.43. The molecule has 6 aliphatic rings. The molecule has 0 aliphatic heterocycles. The Kier molecular flexibility index (Phi) is 14.2. The molecule has 264 valence electrons. The molecule has 0 unspecified atom stereocenters. The van der Waals surface area contributed by atoms with Gasteiger partial charge in [0.15, 0.2) is 0 Å². The molecule has 4 heteroatoms. The van der Waals surface area contributed by atoms with Crippen LogP contribution in [0.15, 0.2) is 0 Å². The van der Waals surface area contributed by atoms with Crippen LogP contribution in [0, 0.1) is 59.2 Å². The van der Waals surface area contributed by atoms with E-state index in [-0.39, 0.29) is 36.0 Å². The monoisotopic (exact) mass is 641 g/mol. The lowest BCUT2D eigenvalue weighted by atomic mass is 9.69. The number of rotatable bonds is 6. The maximum atomic E-state index is 12.5. The van der Waals surface area contributed by atoms with Crippen molar-refractivity contribution >= 4 is 11.9 Å². The predicted octanol–water partition coefficient (Wildman–Crippen LogP) is 11.5. The molecule has 0 radical (unpaired) electrons. The first-order chi connectivity index (χ1) is 22.2. The van der Waals surface area contributed by atoms with Crippen molar-refractivity contribution in [2.24, 2.45) is 59.2 Å². The van der Waals surface area contributed by atoms with Crippen LogP contribution in [-0.4, -0.2) is 24.1 Å². The summed E-state index contributed by atoms with van der Waals surface area (Å²) in [5, 5.41) is 0. The van der Waals surface area contributed by atoms with Crippen molar-refractivity contribution in [3.05, 3.63) is 0 Å². The third kappa shape index (κ3) is 11.0. The quantitative estimate of drug-likeness (QED) is 0.271. The van der Waals surface area contributed by atoms with Crippen molar-refractivity contribution in [2.45, 2.75) is 194 Å². The third-order valence-corrected chi connectivity index (χ3v) is 14.2. The van der Waals surface area contributed by atoms with E-state index in [0.29, 0.717) is 0 Å². The van der Waals surface area contributed by atoms with E-state index < -0.39 is 0 Å². The van der Waals surface area contributed by atoms with E-state index in [1.54, 1.807) is 0 Å². The summed E-state index contributed by atoms with van der Waals surface area (Å²) in [7, 11) is 0. The molecule has 0 atom stereocenters. The van der Waals surface area contributed by atoms with Gasteiger partial charge in [0.25, 0.3) is 0 Å². The Morgan fingerprint density at radius 3 is 0.804 bits per heavy atom. The summed E-state index contributed by atoms with van der Waals surface area (Å²) in [5.41, 5.74) is 0. The summed E-state index contributed by atoms with van der Waals surface area (Å²) >= 11 is 0. The van der Waals surface area contributed by atoms with Crippen LogP contribution >= 0.6 is 0 Å². The minimum Gasteiger partial charge on any atom is -0.462 e. The Morgan fingerprint density at radius 2 is 0.543 bits per heavy atom. The Bertz CT molecular complexity index is 809. The summed E-state index contributed by atoms with van der Waals surface area (Å²) in [5.74, 6) is 7.85. The van der Waals surface area contributed by atoms with Crippen LogP contribution in [0.25, 0.3) is 0 Å². The topological polar surface area (TPSA) is 52.6 Å². The largest absolute Gasteiger partial charge is 0.462 e. The van der Waals surface area contributed by atoms with Crippen molar-refractivity contribution in [1.29, 1.82) is 0 Å². The lowest BCUT2D eigenvalue weighted by Gasteiger charge is -2.37. The molecule has 0 amide bonds. The zero-order chi connectivity index (χ0) is 32.5. The van der Waals surface area contributed by atoms with Crippen LogP contribution in [0.5, 0.6) is 0 Å². The minimum atomic E-state index is 0.125. The van der Waals surface area contributed by atoms with Crippen molar-refractivity contribution in [2.75, 3.05) is 0 Å². The standard InChI is InChI=1S/2C21H36O2/c2*1-15-3-7-17(8-4-15)18-9-11-19(12-10-18)21(22)23-20-13-5-16(2)6-14-20/h2*15-20H,3-14H2,1-2H3. The van der Waals surface area contributed by atoms with Crippen LogP contribution in [0.4, 0.5) is 0 Å². The lowest BCUT2D eigenvalue weighted by Crippen LogP contribution is -2.31. The van der Waals surface area contributed by atoms with Gasteiger partial charge in [0.2, 0.25) is 0 Å². The smallest absolute Gasteiger partial charge is 0.309 e. The van der Waals surface area contributed by atoms with Crippen LogP contribution in [0.3, 0.4) is 0 Å². The van der Waals surface area contributed by atoms with Crippen LogP contribution < -0.4 is 0 Å². The van der Waals surface area contributed by atoms with Crippen LogP contribution in [0.2, 0.25) is 0 Å². The van der Waals surface area contributed by atoms with Gasteiger partial charge in [0, 0.05) is 0 Å². The van der Waals surface area contributed by atoms with Crippen LogP contribution in [-0.2, 0) is 19.1 Å². The summed E-state index contributed by atoms with van der Waals surface area (Å²) < 4.78 is 11.7. The van der Waals surface area contributed by atoms with Crippen LogP contribution in [0.1, 0.15) is 182 Å². The third-order valence-electron chi connectivity index (χ3n) is 14.2. The first-order valence-electron chi connectivity index (χ1n) is 20.6. The van der Waals surface area contributed by atoms with Gasteiger partial charge in [-0.25, -0.2) is 0 Å². The van der Waals surface area contributed by atoms with Gasteiger partial charge in [0.1, 0.15) is 12.2 Å². The molecule has 6 rings (SSSR count). The predicted molar refractivity (Wildman–Crippen MR) is 188 cm³/mol. The molecule has 46 heavy (non-hydrogen) atoms. The number of hydrogen-bond donors (Lipinski definition) is 0. The number of carbonyl (C=O) groups is 2. The number of carbonyl (C=O) groups excluding carboxylic acids is 2. The highest BCUT2D eigenvalue weighted by Gasteiger charge is 2.35. The zero-order valence-electron chi connectivity index (χ0n) is 30.5. The molecule has 0 spiro atoms. The zero-order valence-corrected chi connectivity index (χ0v) is 30.5. The molecule has 0 bridgehead atoms. The Hall–Kier alpha value is -1.06. The van der Waals surface area contributed by atoms with E-state index in [2.05, 4.69) is 27.7 Å². The van der Waals surface area contributed by atoms with Crippen molar-refractivity contribution in [1.82, 2.24) is 0 Å². The first kappa shape index (κ1) is 36.2. The SMILES string of the molecule is CC1CCC(OC(=O)C2CCC(C3CCC(C)CC3)CC2)CC1.CC1CCC(OC(=O)C2CCC(C3CCC(C)CC3)CC2)CC1. The van der Waals surface area contributed by atoms with Gasteiger partial charge in [0.05, 0.1) is 11.8 Å². The minimum absolute atomic E-state index is 0.125. The first-order valence-corrected chi connectivity index (χ1v) is 20.6. The van der Waals surface area contributed by atoms with Gasteiger partial charge in [-0.15, -0.1) is 0 Å². The summed E-state index contributed by atoms with van der Waals surface area (Å²) in [6, 6.07) is 0. The molecule has 0 heterocycles. The second-order valence-electron chi connectivity index (χ2n) is 17.9. The van der Waals surface area contributed by atoms with Gasteiger partial charge in [-0.05, 0) is 176 Å². The fourth-order valence-electron chi connectivity index (χ4n) is 10.4. The fraction of sp³-hybridized carbons (Fsp3) is 0.952. The number of ether oxygens (including phenoxy) is 2. The van der Waals surface area contributed by atoms with Crippen molar-refractivity contribution in [3.8, 4) is 0 Å². The number of esters is 2. The average molecular weight is 641 g/mol. The van der Waals surface area contributed by atoms with Gasteiger partial charge in [-0.3, -0.25) is 9.59 Å². The Morgan fingerprint density at radius 1 is 0.326 bits per heavy atom. The van der Waals surface area contributed by atoms with E-state index >= 15 is 0 Å². The molecule has 6 aliphatic carbocycles. The Balaban J connectivity index is 0.000000181. The Labute approximate surface area is 283 Å². The summed E-state index contributed by atoms with van der Waals surface area (Å²) in [6.45, 7) is 9.42. The average Bonchev–Trinajstić information content (AvgIpc) is 3.08. The van der Waals surface area contributed by atoms with Crippen molar-refractivity contribution < 1.29 is 19.1 Å². The summed E-state index contributed by atoms with van der Waals surface area (Å²) in [6.07, 6.45) is 30.5. The molecule has 0 N–H and O–H groups in total. The molecule has 0 aromatic heterocycles. The fourth-order valence-corrected chi connectivity index (χ4v) is 10.4. The van der Waals surface area contributed by atoms with Crippen molar-refractivity contribution in [3.63, 3.8) is 0 Å². The van der Waals surface area contributed by atoms with E-state index in [9.17, 15) is 9.59 Å². The molecule has 6 saturated carbocycles. The highest BCUT2D eigenvalue weighted by atomic mass is 16.5. The van der Waals surface area contributed by atoms with Gasteiger partial charge >= 0.3 is 11.9 Å². The summed E-state index contributed by atoms with van der Waals surface area (Å²) in [4.78, 5) is 24.9. The molecular formula is C42H72O4. The number of hydrogen-bond acceptors (Lipinski definition) is 4. The highest BCUT2D eigenvalue weighted by molar-refractivity contribution is 5.73.